The minimum absolute atomic E-state index is 0.130. The second-order valence-corrected chi connectivity index (χ2v) is 11.6. The molecule has 196 valence electrons. The summed E-state index contributed by atoms with van der Waals surface area (Å²) in [5.74, 6) is 2.18. The molecule has 7 heteroatoms. The molecule has 0 bridgehead atoms. The molecular formula is C31H36N6O. The Morgan fingerprint density at radius 1 is 1.11 bits per heavy atom. The van der Waals surface area contributed by atoms with E-state index in [2.05, 4.69) is 57.4 Å². The number of fused-ring (bicyclic) bond motifs is 1. The van der Waals surface area contributed by atoms with Crippen molar-refractivity contribution in [3.05, 3.63) is 83.6 Å². The van der Waals surface area contributed by atoms with E-state index in [1.165, 1.54) is 18.4 Å². The molecule has 7 nitrogen and oxygen atoms in total. The molecule has 2 fully saturated rings. The highest BCUT2D eigenvalue weighted by molar-refractivity contribution is 6.12. The number of likely N-dealkylation sites (tertiary alicyclic amines) is 1. The predicted octanol–water partition coefficient (Wildman–Crippen LogP) is 5.56. The quantitative estimate of drug-likeness (QED) is 0.369. The first-order valence-corrected chi connectivity index (χ1v) is 13.8. The molecule has 1 saturated carbocycles. The summed E-state index contributed by atoms with van der Waals surface area (Å²) in [6, 6.07) is 16.4. The number of carbonyl (C=O) groups excluding carboxylic acids is 1. The summed E-state index contributed by atoms with van der Waals surface area (Å²) in [7, 11) is 2.00. The van der Waals surface area contributed by atoms with Crippen LogP contribution >= 0.6 is 0 Å². The second-order valence-electron chi connectivity index (χ2n) is 11.6. The fraction of sp³-hybridized carbons (Fsp3) is 0.419. The maximum absolute atomic E-state index is 13.7. The van der Waals surface area contributed by atoms with Gasteiger partial charge in [-0.1, -0.05) is 32.0 Å². The molecule has 0 spiro atoms. The van der Waals surface area contributed by atoms with Crippen LogP contribution in [0.25, 0.3) is 10.9 Å². The number of nitrogens with one attached hydrogen (secondary N) is 1. The average Bonchev–Trinajstić information content (AvgIpc) is 3.32. The number of pyridine rings is 1. The summed E-state index contributed by atoms with van der Waals surface area (Å²) in [4.78, 5) is 20.8. The average molecular weight is 509 g/mol. The lowest BCUT2D eigenvalue weighted by molar-refractivity contribution is 0.102. The molecule has 1 N–H and O–H groups in total. The molecule has 3 heterocycles. The number of hydrogen-bond donors (Lipinski definition) is 1. The van der Waals surface area contributed by atoms with Crippen LogP contribution in [-0.2, 0) is 19.0 Å². The molecular weight excluding hydrogens is 472 g/mol. The van der Waals surface area contributed by atoms with Gasteiger partial charge in [-0.25, -0.2) is 0 Å². The van der Waals surface area contributed by atoms with Crippen molar-refractivity contribution in [1.29, 1.82) is 0 Å². The molecule has 1 atom stereocenters. The SMILES string of the molecule is CC1CC(c2cccc(NC(=O)c3cc(CN4CCC[C@H](C)C4)cc4cccnc34)c2)(c2nncn2C)C1. The molecule has 4 aromatic rings. The van der Waals surface area contributed by atoms with Gasteiger partial charge in [-0.2, -0.15) is 0 Å². The smallest absolute Gasteiger partial charge is 0.257 e. The number of rotatable bonds is 6. The monoisotopic (exact) mass is 508 g/mol. The third kappa shape index (κ3) is 4.60. The lowest BCUT2D eigenvalue weighted by atomic mass is 9.58. The van der Waals surface area contributed by atoms with Crippen molar-refractivity contribution in [3.8, 4) is 0 Å². The number of carbonyl (C=O) groups is 1. The summed E-state index contributed by atoms with van der Waals surface area (Å²) in [6.45, 7) is 7.66. The van der Waals surface area contributed by atoms with Crippen LogP contribution in [0.4, 0.5) is 5.69 Å². The highest BCUT2D eigenvalue weighted by atomic mass is 16.1. The molecule has 2 aromatic carbocycles. The number of hydrogen-bond acceptors (Lipinski definition) is 5. The van der Waals surface area contributed by atoms with Crippen molar-refractivity contribution in [2.75, 3.05) is 18.4 Å². The number of aromatic nitrogens is 4. The molecule has 38 heavy (non-hydrogen) atoms. The number of aryl methyl sites for hydroxylation is 1. The summed E-state index contributed by atoms with van der Waals surface area (Å²) < 4.78 is 2.02. The maximum Gasteiger partial charge on any atom is 0.257 e. The first kappa shape index (κ1) is 24.7. The summed E-state index contributed by atoms with van der Waals surface area (Å²) in [5.41, 5.74) is 4.29. The zero-order valence-corrected chi connectivity index (χ0v) is 22.5. The number of anilines is 1. The Bertz CT molecular complexity index is 1470. The molecule has 2 aliphatic rings. The van der Waals surface area contributed by atoms with Crippen LogP contribution < -0.4 is 5.32 Å². The fourth-order valence-electron chi connectivity index (χ4n) is 6.69. The van der Waals surface area contributed by atoms with E-state index in [4.69, 9.17) is 0 Å². The Labute approximate surface area is 224 Å². The normalized spacial score (nSPS) is 23.8. The largest absolute Gasteiger partial charge is 0.322 e. The molecule has 0 radical (unpaired) electrons. The fourth-order valence-corrected chi connectivity index (χ4v) is 6.69. The third-order valence-electron chi connectivity index (χ3n) is 8.36. The van der Waals surface area contributed by atoms with Gasteiger partial charge in [-0.3, -0.25) is 14.7 Å². The van der Waals surface area contributed by atoms with Gasteiger partial charge in [0.05, 0.1) is 16.5 Å². The van der Waals surface area contributed by atoms with Crippen molar-refractivity contribution >= 4 is 22.5 Å². The minimum Gasteiger partial charge on any atom is -0.322 e. The first-order chi connectivity index (χ1) is 18.4. The van der Waals surface area contributed by atoms with E-state index in [1.807, 2.05) is 41.9 Å². The standard InChI is InChI=1S/C31H36N6O/c1-21-7-6-12-37(18-21)19-23-13-24-8-5-11-32-28(24)27(14-23)29(38)34-26-10-4-9-25(15-26)31(16-22(2)17-31)30-35-33-20-36(30)3/h4-5,8-11,13-15,20-22H,6-7,12,16-19H2,1-3H3,(H,34,38)/t21-,22?,31?/m0/s1. The van der Waals surface area contributed by atoms with Gasteiger partial charge in [0, 0.05) is 37.4 Å². The van der Waals surface area contributed by atoms with Crippen molar-refractivity contribution < 1.29 is 4.79 Å². The second kappa shape index (κ2) is 9.95. The predicted molar refractivity (Wildman–Crippen MR) is 150 cm³/mol. The van der Waals surface area contributed by atoms with E-state index in [9.17, 15) is 4.79 Å². The van der Waals surface area contributed by atoms with Crippen LogP contribution in [0.2, 0.25) is 0 Å². The van der Waals surface area contributed by atoms with Gasteiger partial charge in [0.2, 0.25) is 0 Å². The topological polar surface area (TPSA) is 75.9 Å². The van der Waals surface area contributed by atoms with E-state index in [-0.39, 0.29) is 11.3 Å². The van der Waals surface area contributed by atoms with Gasteiger partial charge in [-0.15, -0.1) is 10.2 Å². The molecule has 2 aromatic heterocycles. The number of benzene rings is 2. The first-order valence-electron chi connectivity index (χ1n) is 13.8. The van der Waals surface area contributed by atoms with E-state index in [0.29, 0.717) is 17.4 Å². The van der Waals surface area contributed by atoms with Gasteiger partial charge in [0.1, 0.15) is 12.2 Å². The van der Waals surface area contributed by atoms with E-state index >= 15 is 0 Å². The van der Waals surface area contributed by atoms with Crippen molar-refractivity contribution in [2.45, 2.75) is 51.5 Å². The van der Waals surface area contributed by atoms with Crippen LogP contribution in [0.15, 0.2) is 61.1 Å². The van der Waals surface area contributed by atoms with Gasteiger partial charge in [0.15, 0.2) is 0 Å². The van der Waals surface area contributed by atoms with Crippen LogP contribution in [0, 0.1) is 11.8 Å². The maximum atomic E-state index is 13.7. The Balaban J connectivity index is 1.30. The summed E-state index contributed by atoms with van der Waals surface area (Å²) in [5, 5.41) is 12.8. The van der Waals surface area contributed by atoms with Crippen molar-refractivity contribution in [3.63, 3.8) is 0 Å². The molecule has 6 rings (SSSR count). The van der Waals surface area contributed by atoms with Crippen LogP contribution in [0.1, 0.15) is 66.8 Å². The van der Waals surface area contributed by atoms with Gasteiger partial charge in [-0.05, 0) is 85.5 Å². The van der Waals surface area contributed by atoms with E-state index in [0.717, 1.165) is 60.5 Å². The summed E-state index contributed by atoms with van der Waals surface area (Å²) in [6.07, 6.45) is 8.08. The molecule has 1 aliphatic heterocycles. The lowest BCUT2D eigenvalue weighted by Gasteiger charge is -2.46. The lowest BCUT2D eigenvalue weighted by Crippen LogP contribution is -2.43. The van der Waals surface area contributed by atoms with Gasteiger partial charge >= 0.3 is 0 Å². The van der Waals surface area contributed by atoms with Crippen LogP contribution in [0.3, 0.4) is 0 Å². The molecule has 0 unspecified atom stereocenters. The van der Waals surface area contributed by atoms with Gasteiger partial charge < -0.3 is 9.88 Å². The zero-order chi connectivity index (χ0) is 26.3. The Morgan fingerprint density at radius 2 is 1.97 bits per heavy atom. The Morgan fingerprint density at radius 3 is 2.74 bits per heavy atom. The Kier molecular flexibility index (Phi) is 6.48. The summed E-state index contributed by atoms with van der Waals surface area (Å²) >= 11 is 0. The number of piperidine rings is 1. The van der Waals surface area contributed by atoms with E-state index in [1.54, 1.807) is 12.5 Å². The molecule has 1 amide bonds. The highest BCUT2D eigenvalue weighted by Gasteiger charge is 2.48. The molecule has 1 saturated heterocycles. The van der Waals surface area contributed by atoms with Crippen LogP contribution in [-0.4, -0.2) is 43.6 Å². The minimum atomic E-state index is -0.175. The van der Waals surface area contributed by atoms with E-state index < -0.39 is 0 Å². The highest BCUT2D eigenvalue weighted by Crippen LogP contribution is 2.51. The number of amides is 1. The van der Waals surface area contributed by atoms with Crippen molar-refractivity contribution in [1.82, 2.24) is 24.6 Å². The third-order valence-corrected chi connectivity index (χ3v) is 8.36. The zero-order valence-electron chi connectivity index (χ0n) is 22.5. The molecule has 1 aliphatic carbocycles. The van der Waals surface area contributed by atoms with Crippen LogP contribution in [0.5, 0.6) is 0 Å². The van der Waals surface area contributed by atoms with Crippen molar-refractivity contribution in [2.24, 2.45) is 18.9 Å². The Hall–Kier alpha value is -3.58. The van der Waals surface area contributed by atoms with Gasteiger partial charge in [0.25, 0.3) is 5.91 Å². The number of nitrogens with zero attached hydrogens (tertiary/aromatic N) is 5.